The Morgan fingerprint density at radius 1 is 1.16 bits per heavy atom. The van der Waals surface area contributed by atoms with Crippen LogP contribution in [0.25, 0.3) is 0 Å². The van der Waals surface area contributed by atoms with Gasteiger partial charge in [0.1, 0.15) is 5.75 Å². The molecular formula is C12H7Br2ClF2OS. The second-order valence-corrected chi connectivity index (χ2v) is 7.74. The fourth-order valence-electron chi connectivity index (χ4n) is 1.59. The third-order valence-corrected chi connectivity index (χ3v) is 5.22. The van der Waals surface area contributed by atoms with E-state index in [1.54, 1.807) is 18.2 Å². The Bertz CT molecular complexity index is 577. The maximum absolute atomic E-state index is 12.4. The molecule has 0 aliphatic carbocycles. The van der Waals surface area contributed by atoms with Crippen molar-refractivity contribution in [3.63, 3.8) is 0 Å². The number of thiophene rings is 1. The molecule has 1 heterocycles. The van der Waals surface area contributed by atoms with E-state index in [1.807, 2.05) is 6.07 Å². The fraction of sp³-hybridized carbons (Fsp3) is 0.167. The zero-order valence-electron chi connectivity index (χ0n) is 9.25. The lowest BCUT2D eigenvalue weighted by Crippen LogP contribution is -2.05. The summed E-state index contributed by atoms with van der Waals surface area (Å²) in [4.78, 5) is 0. The van der Waals surface area contributed by atoms with Crippen molar-refractivity contribution in [3.05, 3.63) is 49.0 Å². The molecule has 1 aromatic carbocycles. The molecule has 1 nitrogen and oxygen atoms in total. The lowest BCUT2D eigenvalue weighted by Gasteiger charge is -2.14. The van der Waals surface area contributed by atoms with Gasteiger partial charge in [0.25, 0.3) is 0 Å². The van der Waals surface area contributed by atoms with E-state index in [2.05, 4.69) is 36.6 Å². The first-order chi connectivity index (χ1) is 8.99. The molecule has 1 atom stereocenters. The molecule has 1 aromatic heterocycles. The van der Waals surface area contributed by atoms with Crippen LogP contribution in [0.5, 0.6) is 5.75 Å². The highest BCUT2D eigenvalue weighted by Crippen LogP contribution is 2.43. The molecule has 0 saturated heterocycles. The van der Waals surface area contributed by atoms with Crippen molar-refractivity contribution >= 4 is 54.8 Å². The van der Waals surface area contributed by atoms with Crippen molar-refractivity contribution in [1.82, 2.24) is 0 Å². The Kier molecular flexibility index (Phi) is 5.22. The van der Waals surface area contributed by atoms with Crippen molar-refractivity contribution in [2.24, 2.45) is 0 Å². The molecule has 0 amide bonds. The number of rotatable bonds is 4. The minimum Gasteiger partial charge on any atom is -0.434 e. The van der Waals surface area contributed by atoms with Gasteiger partial charge in [0, 0.05) is 11.1 Å². The summed E-state index contributed by atoms with van der Waals surface area (Å²) < 4.78 is 31.0. The second kappa shape index (κ2) is 6.52. The van der Waals surface area contributed by atoms with Crippen LogP contribution < -0.4 is 4.74 Å². The van der Waals surface area contributed by atoms with Gasteiger partial charge in [-0.25, -0.2) is 0 Å². The smallest absolute Gasteiger partial charge is 0.387 e. The number of ether oxygens (including phenoxy) is 1. The molecule has 2 rings (SSSR count). The number of para-hydroxylation sites is 1. The highest BCUT2D eigenvalue weighted by atomic mass is 79.9. The predicted molar refractivity (Wildman–Crippen MR) is 80.5 cm³/mol. The van der Waals surface area contributed by atoms with Gasteiger partial charge in [-0.15, -0.1) is 22.9 Å². The van der Waals surface area contributed by atoms with Crippen molar-refractivity contribution in [2.75, 3.05) is 0 Å². The Morgan fingerprint density at radius 2 is 1.84 bits per heavy atom. The van der Waals surface area contributed by atoms with Crippen LogP contribution in [-0.4, -0.2) is 6.61 Å². The van der Waals surface area contributed by atoms with Crippen LogP contribution in [0.4, 0.5) is 8.78 Å². The molecule has 0 bridgehead atoms. The van der Waals surface area contributed by atoms with Crippen LogP contribution >= 0.6 is 54.8 Å². The number of hydrogen-bond donors (Lipinski definition) is 0. The zero-order valence-corrected chi connectivity index (χ0v) is 14.0. The van der Waals surface area contributed by atoms with E-state index in [9.17, 15) is 8.78 Å². The van der Waals surface area contributed by atoms with E-state index >= 15 is 0 Å². The van der Waals surface area contributed by atoms with Gasteiger partial charge in [0.15, 0.2) is 0 Å². The van der Waals surface area contributed by atoms with Gasteiger partial charge < -0.3 is 4.74 Å². The van der Waals surface area contributed by atoms with Crippen LogP contribution in [0, 0.1) is 0 Å². The van der Waals surface area contributed by atoms with Crippen molar-refractivity contribution in [1.29, 1.82) is 0 Å². The largest absolute Gasteiger partial charge is 0.434 e. The molecule has 0 radical (unpaired) electrons. The van der Waals surface area contributed by atoms with Gasteiger partial charge in [-0.05, 0) is 44.0 Å². The lowest BCUT2D eigenvalue weighted by atomic mass is 10.1. The molecule has 0 fully saturated rings. The van der Waals surface area contributed by atoms with Crippen LogP contribution in [-0.2, 0) is 0 Å². The van der Waals surface area contributed by atoms with Gasteiger partial charge in [-0.2, -0.15) is 8.78 Å². The quantitative estimate of drug-likeness (QED) is 0.523. The summed E-state index contributed by atoms with van der Waals surface area (Å²) in [5, 5.41) is -0.563. The monoisotopic (exact) mass is 430 g/mol. The number of halogens is 5. The van der Waals surface area contributed by atoms with Gasteiger partial charge in [0.05, 0.1) is 12.9 Å². The third-order valence-electron chi connectivity index (χ3n) is 2.36. The first kappa shape index (κ1) is 15.2. The first-order valence-electron chi connectivity index (χ1n) is 5.11. The zero-order chi connectivity index (χ0) is 14.0. The van der Waals surface area contributed by atoms with Gasteiger partial charge in [0.2, 0.25) is 0 Å². The molecule has 0 saturated carbocycles. The molecule has 1 unspecified atom stereocenters. The van der Waals surface area contributed by atoms with Crippen LogP contribution in [0.3, 0.4) is 0 Å². The van der Waals surface area contributed by atoms with Gasteiger partial charge in [-0.1, -0.05) is 18.2 Å². The molecule has 2 aromatic rings. The maximum Gasteiger partial charge on any atom is 0.387 e. The summed E-state index contributed by atoms with van der Waals surface area (Å²) in [5.74, 6) is 0.0896. The first-order valence-corrected chi connectivity index (χ1v) is 7.95. The van der Waals surface area contributed by atoms with Crippen molar-refractivity contribution in [3.8, 4) is 5.75 Å². The SMILES string of the molecule is FC(F)Oc1ccccc1C(Cl)c1cc(Br)sc1Br. The minimum atomic E-state index is -2.87. The third kappa shape index (κ3) is 3.68. The fourth-order valence-corrected chi connectivity index (χ4v) is 5.04. The Labute approximate surface area is 134 Å². The summed E-state index contributed by atoms with van der Waals surface area (Å²) >= 11 is 14.6. The van der Waals surface area contributed by atoms with Gasteiger partial charge >= 0.3 is 6.61 Å². The summed E-state index contributed by atoms with van der Waals surface area (Å²) in [6.07, 6.45) is 0. The van der Waals surface area contributed by atoms with Crippen LogP contribution in [0.2, 0.25) is 0 Å². The minimum absolute atomic E-state index is 0.0896. The average molecular weight is 433 g/mol. The van der Waals surface area contributed by atoms with Crippen LogP contribution in [0.15, 0.2) is 37.9 Å². The molecular weight excluding hydrogens is 425 g/mol. The highest BCUT2D eigenvalue weighted by molar-refractivity contribution is 9.12. The van der Waals surface area contributed by atoms with Gasteiger partial charge in [-0.3, -0.25) is 0 Å². The number of hydrogen-bond acceptors (Lipinski definition) is 2. The number of benzene rings is 1. The standard InChI is InChI=1S/C12H7Br2ClF2OS/c13-9-5-7(11(14)19-9)10(15)6-3-1-2-4-8(6)18-12(16)17/h1-5,10,12H. The molecule has 0 aliphatic rings. The molecule has 0 N–H and O–H groups in total. The number of alkyl halides is 3. The van der Waals surface area contributed by atoms with E-state index < -0.39 is 12.0 Å². The molecule has 7 heteroatoms. The summed E-state index contributed by atoms with van der Waals surface area (Å²) in [5.41, 5.74) is 1.32. The highest BCUT2D eigenvalue weighted by Gasteiger charge is 2.21. The summed E-state index contributed by atoms with van der Waals surface area (Å²) in [7, 11) is 0. The maximum atomic E-state index is 12.4. The van der Waals surface area contributed by atoms with Crippen molar-refractivity contribution in [2.45, 2.75) is 12.0 Å². The second-order valence-electron chi connectivity index (χ2n) is 3.56. The van der Waals surface area contributed by atoms with E-state index in [4.69, 9.17) is 11.6 Å². The van der Waals surface area contributed by atoms with Crippen molar-refractivity contribution < 1.29 is 13.5 Å². The van der Waals surface area contributed by atoms with E-state index in [1.165, 1.54) is 17.4 Å². The van der Waals surface area contributed by atoms with Crippen LogP contribution in [0.1, 0.15) is 16.5 Å². The van der Waals surface area contributed by atoms with E-state index in [-0.39, 0.29) is 5.75 Å². The Hall–Kier alpha value is -0.170. The lowest BCUT2D eigenvalue weighted by molar-refractivity contribution is -0.0504. The normalized spacial score (nSPS) is 12.7. The van der Waals surface area contributed by atoms with E-state index in [0.29, 0.717) is 5.56 Å². The molecule has 0 aliphatic heterocycles. The Morgan fingerprint density at radius 3 is 2.42 bits per heavy atom. The molecule has 102 valence electrons. The topological polar surface area (TPSA) is 9.23 Å². The Balaban J connectivity index is 2.38. The molecule has 19 heavy (non-hydrogen) atoms. The van der Waals surface area contributed by atoms with E-state index in [0.717, 1.165) is 13.1 Å². The molecule has 0 spiro atoms. The summed E-state index contributed by atoms with van der Waals surface area (Å²) in [6, 6.07) is 8.37. The predicted octanol–water partition coefficient (Wildman–Crippen LogP) is 6.20. The average Bonchev–Trinajstić information content (AvgIpc) is 2.67. The summed E-state index contributed by atoms with van der Waals surface area (Å²) in [6.45, 7) is -2.87.